The molecule has 1 amide bonds. The number of ether oxygens (including phenoxy) is 2. The molecule has 0 fully saturated rings. The van der Waals surface area contributed by atoms with Gasteiger partial charge in [0.05, 0.1) is 0 Å². The first kappa shape index (κ1) is 29.3. The molecule has 43 heavy (non-hydrogen) atoms. The Labute approximate surface area is 248 Å². The molecule has 5 rings (SSSR count). The van der Waals surface area contributed by atoms with Gasteiger partial charge in [0.15, 0.2) is 0 Å². The number of nitrogens with one attached hydrogen (secondary N) is 1. The Bertz CT molecular complexity index is 1750. The maximum absolute atomic E-state index is 13.1. The first-order valence-electron chi connectivity index (χ1n) is 13.8. The fourth-order valence-electron chi connectivity index (χ4n) is 4.47. The van der Waals surface area contributed by atoms with Crippen molar-refractivity contribution >= 4 is 22.6 Å². The Morgan fingerprint density at radius 1 is 0.791 bits per heavy atom. The van der Waals surface area contributed by atoms with Gasteiger partial charge in [-0.2, -0.15) is 0 Å². The second-order valence-electron chi connectivity index (χ2n) is 11.2. The van der Waals surface area contributed by atoms with Crippen LogP contribution < -0.4 is 14.8 Å². The van der Waals surface area contributed by atoms with Crippen molar-refractivity contribution in [1.82, 2.24) is 10.3 Å². The lowest BCUT2D eigenvalue weighted by atomic mass is 9.87. The number of carbonyl (C=O) groups is 2. The van der Waals surface area contributed by atoms with Crippen molar-refractivity contribution in [2.24, 2.45) is 0 Å². The number of pyridine rings is 1. The van der Waals surface area contributed by atoms with Crippen LogP contribution in [0.3, 0.4) is 0 Å². The summed E-state index contributed by atoms with van der Waals surface area (Å²) in [6.07, 6.45) is 1.62. The van der Waals surface area contributed by atoms with Crippen LogP contribution in [0.25, 0.3) is 10.8 Å². The third-order valence-corrected chi connectivity index (χ3v) is 6.90. The maximum Gasteiger partial charge on any atom is 0.326 e. The van der Waals surface area contributed by atoms with E-state index >= 15 is 0 Å². The van der Waals surface area contributed by atoms with E-state index < -0.39 is 17.9 Å². The maximum atomic E-state index is 13.1. The molecule has 1 aromatic heterocycles. The third-order valence-electron chi connectivity index (χ3n) is 6.90. The van der Waals surface area contributed by atoms with Crippen LogP contribution in [0.15, 0.2) is 103 Å². The first-order valence-corrected chi connectivity index (χ1v) is 13.8. The van der Waals surface area contributed by atoms with E-state index in [1.807, 2.05) is 42.5 Å². The minimum absolute atomic E-state index is 0.0514. The van der Waals surface area contributed by atoms with Crippen LogP contribution in [0.4, 0.5) is 4.39 Å². The number of hydrogen-bond donors (Lipinski definition) is 2. The highest BCUT2D eigenvalue weighted by molar-refractivity contribution is 5.98. The van der Waals surface area contributed by atoms with Gasteiger partial charge in [-0.1, -0.05) is 51.1 Å². The Balaban J connectivity index is 1.22. The zero-order valence-corrected chi connectivity index (χ0v) is 24.0. The van der Waals surface area contributed by atoms with Gasteiger partial charge >= 0.3 is 5.97 Å². The van der Waals surface area contributed by atoms with E-state index in [2.05, 4.69) is 31.1 Å². The minimum atomic E-state index is -1.17. The summed E-state index contributed by atoms with van der Waals surface area (Å²) in [5.41, 5.74) is 2.06. The molecule has 7 nitrogen and oxygen atoms in total. The number of carbonyl (C=O) groups excluding carboxylic acids is 1. The molecule has 0 aliphatic rings. The molecular formula is C35H31FN2O5. The largest absolute Gasteiger partial charge is 0.480 e. The highest BCUT2D eigenvalue weighted by Crippen LogP contribution is 2.29. The fourth-order valence-corrected chi connectivity index (χ4v) is 4.47. The predicted octanol–water partition coefficient (Wildman–Crippen LogP) is 7.68. The summed E-state index contributed by atoms with van der Waals surface area (Å²) in [5.74, 6) is 0.214. The van der Waals surface area contributed by atoms with Gasteiger partial charge in [0.1, 0.15) is 40.6 Å². The van der Waals surface area contributed by atoms with Crippen molar-refractivity contribution in [3.63, 3.8) is 0 Å². The van der Waals surface area contributed by atoms with Gasteiger partial charge in [-0.3, -0.25) is 9.78 Å². The molecule has 0 spiro atoms. The summed E-state index contributed by atoms with van der Waals surface area (Å²) in [5, 5.41) is 13.9. The Kier molecular flexibility index (Phi) is 8.39. The summed E-state index contributed by atoms with van der Waals surface area (Å²) in [6.45, 7) is 6.47. The first-order chi connectivity index (χ1) is 20.5. The highest BCUT2D eigenvalue weighted by atomic mass is 19.1. The molecule has 0 radical (unpaired) electrons. The van der Waals surface area contributed by atoms with E-state index in [9.17, 15) is 19.1 Å². The highest BCUT2D eigenvalue weighted by Gasteiger charge is 2.22. The summed E-state index contributed by atoms with van der Waals surface area (Å²) in [7, 11) is 0. The number of carboxylic acid groups (broad SMARTS) is 1. The SMILES string of the molecule is CC(C)(C)c1ccc(Oc2ccc3cc(C(=O)N[C@@H](Cc4ccc(Oc5ccc(F)cc5)cc4)C(=O)O)ncc3c2)cc1. The van der Waals surface area contributed by atoms with Crippen LogP contribution in [0.2, 0.25) is 0 Å². The zero-order chi connectivity index (χ0) is 30.6. The quantitative estimate of drug-likeness (QED) is 0.186. The Morgan fingerprint density at radius 2 is 1.35 bits per heavy atom. The lowest BCUT2D eigenvalue weighted by molar-refractivity contribution is -0.139. The normalized spacial score (nSPS) is 12.0. The number of amides is 1. The van der Waals surface area contributed by atoms with Gasteiger partial charge in [0, 0.05) is 18.0 Å². The average molecular weight is 579 g/mol. The molecule has 0 saturated heterocycles. The molecule has 2 N–H and O–H groups in total. The monoisotopic (exact) mass is 578 g/mol. The molecule has 1 atom stereocenters. The molecule has 0 saturated carbocycles. The van der Waals surface area contributed by atoms with Crippen molar-refractivity contribution in [3.8, 4) is 23.0 Å². The third kappa shape index (κ3) is 7.54. The van der Waals surface area contributed by atoms with Gasteiger partial charge in [-0.15, -0.1) is 0 Å². The molecule has 0 aliphatic heterocycles. The van der Waals surface area contributed by atoms with Crippen molar-refractivity contribution < 1.29 is 28.6 Å². The lowest BCUT2D eigenvalue weighted by Crippen LogP contribution is -2.42. The van der Waals surface area contributed by atoms with E-state index in [4.69, 9.17) is 9.47 Å². The van der Waals surface area contributed by atoms with Crippen LogP contribution in [0.1, 0.15) is 42.4 Å². The van der Waals surface area contributed by atoms with E-state index in [-0.39, 0.29) is 23.3 Å². The molecule has 8 heteroatoms. The summed E-state index contributed by atoms with van der Waals surface area (Å²) < 4.78 is 24.8. The van der Waals surface area contributed by atoms with Crippen LogP contribution in [0.5, 0.6) is 23.0 Å². The number of nitrogens with zero attached hydrogens (tertiary/aromatic N) is 1. The number of rotatable bonds is 9. The van der Waals surface area contributed by atoms with Crippen molar-refractivity contribution in [2.45, 2.75) is 38.6 Å². The van der Waals surface area contributed by atoms with Gasteiger partial charge in [0.25, 0.3) is 5.91 Å². The van der Waals surface area contributed by atoms with Gasteiger partial charge < -0.3 is 19.9 Å². The van der Waals surface area contributed by atoms with E-state index in [1.54, 1.807) is 36.5 Å². The topological polar surface area (TPSA) is 97.8 Å². The van der Waals surface area contributed by atoms with Crippen LogP contribution in [-0.2, 0) is 16.6 Å². The summed E-state index contributed by atoms with van der Waals surface area (Å²) >= 11 is 0. The smallest absolute Gasteiger partial charge is 0.326 e. The van der Waals surface area contributed by atoms with Gasteiger partial charge in [-0.25, -0.2) is 9.18 Å². The predicted molar refractivity (Wildman–Crippen MR) is 162 cm³/mol. The number of halogens is 1. The number of benzene rings is 4. The number of fused-ring (bicyclic) bond motifs is 1. The van der Waals surface area contributed by atoms with Crippen LogP contribution in [0, 0.1) is 5.82 Å². The fraction of sp³-hybridized carbons (Fsp3) is 0.171. The molecule has 1 heterocycles. The van der Waals surface area contributed by atoms with E-state index in [1.165, 1.54) is 29.8 Å². The van der Waals surface area contributed by atoms with Crippen LogP contribution in [-0.4, -0.2) is 28.0 Å². The number of hydrogen-bond acceptors (Lipinski definition) is 5. The molecular weight excluding hydrogens is 547 g/mol. The molecule has 0 aliphatic carbocycles. The van der Waals surface area contributed by atoms with Crippen molar-refractivity contribution in [3.05, 3.63) is 126 Å². The standard InChI is InChI=1S/C35H31FN2O5/c1-35(2,3)25-7-14-28(15-8-25)43-30-13-6-23-20-31(37-21-24(23)19-30)33(39)38-32(34(40)41)18-22-4-11-27(12-5-22)42-29-16-9-26(36)10-17-29/h4-17,19-21,32H,18H2,1-3H3,(H,38,39)(H,40,41)/t32-/m0/s1. The van der Waals surface area contributed by atoms with E-state index in [0.29, 0.717) is 28.6 Å². The van der Waals surface area contributed by atoms with Gasteiger partial charge in [-0.05, 0) is 88.7 Å². The summed E-state index contributed by atoms with van der Waals surface area (Å²) in [4.78, 5) is 29.2. The molecule has 5 aromatic rings. The van der Waals surface area contributed by atoms with Crippen molar-refractivity contribution in [1.29, 1.82) is 0 Å². The molecule has 0 bridgehead atoms. The molecule has 218 valence electrons. The van der Waals surface area contributed by atoms with Crippen LogP contribution >= 0.6 is 0 Å². The second-order valence-corrected chi connectivity index (χ2v) is 11.2. The van der Waals surface area contributed by atoms with Gasteiger partial charge in [0.2, 0.25) is 0 Å². The second kappa shape index (κ2) is 12.3. The number of carboxylic acids is 1. The zero-order valence-electron chi connectivity index (χ0n) is 24.0. The lowest BCUT2D eigenvalue weighted by Gasteiger charge is -2.19. The number of aromatic nitrogens is 1. The molecule has 0 unspecified atom stereocenters. The molecule has 4 aromatic carbocycles. The van der Waals surface area contributed by atoms with Crippen molar-refractivity contribution in [2.75, 3.05) is 0 Å². The Hall–Kier alpha value is -5.24. The average Bonchev–Trinajstić information content (AvgIpc) is 2.98. The number of aliphatic carboxylic acids is 1. The Morgan fingerprint density at radius 3 is 1.95 bits per heavy atom. The van der Waals surface area contributed by atoms with E-state index in [0.717, 1.165) is 10.8 Å². The summed E-state index contributed by atoms with van der Waals surface area (Å²) in [6, 6.07) is 26.3. The minimum Gasteiger partial charge on any atom is -0.480 e.